The van der Waals surface area contributed by atoms with Gasteiger partial charge in [-0.2, -0.15) is 0 Å². The molecule has 3 rings (SSSR count). The van der Waals surface area contributed by atoms with E-state index in [0.29, 0.717) is 22.6 Å². The number of non-ortho nitro benzene ring substituents is 1. The number of nitro groups is 1. The molecule has 0 aromatic heterocycles. The summed E-state index contributed by atoms with van der Waals surface area (Å²) in [6, 6.07) is 10.9. The molecular formula is C19H16N2O6S. The number of carbonyl (C=O) groups excluding carboxylic acids is 2. The Kier molecular flexibility index (Phi) is 5.65. The molecule has 0 radical (unpaired) electrons. The van der Waals surface area contributed by atoms with E-state index in [1.807, 2.05) is 0 Å². The van der Waals surface area contributed by atoms with E-state index in [9.17, 15) is 19.7 Å². The van der Waals surface area contributed by atoms with Crippen LogP contribution < -0.4 is 9.47 Å². The number of ether oxygens (including phenoxy) is 2. The van der Waals surface area contributed by atoms with Crippen LogP contribution in [-0.2, 0) is 11.3 Å². The first kappa shape index (κ1) is 19.4. The van der Waals surface area contributed by atoms with Gasteiger partial charge in [-0.05, 0) is 41.1 Å². The summed E-state index contributed by atoms with van der Waals surface area (Å²) in [4.78, 5) is 36.5. The Balaban J connectivity index is 1.81. The first-order chi connectivity index (χ1) is 13.4. The number of nitrogens with zero attached hydrogens (tertiary/aromatic N) is 2. The lowest BCUT2D eigenvalue weighted by molar-refractivity contribution is -0.384. The van der Waals surface area contributed by atoms with Gasteiger partial charge in [-0.3, -0.25) is 24.6 Å². The molecule has 1 aliphatic rings. The molecule has 0 unspecified atom stereocenters. The molecule has 2 amide bonds. The number of methoxy groups -OCH3 is 2. The van der Waals surface area contributed by atoms with Crippen LogP contribution in [0.25, 0.3) is 6.08 Å². The third-order valence-electron chi connectivity index (χ3n) is 4.03. The van der Waals surface area contributed by atoms with Gasteiger partial charge in [0.15, 0.2) is 0 Å². The number of thioether (sulfide) groups is 1. The smallest absolute Gasteiger partial charge is 0.293 e. The van der Waals surface area contributed by atoms with Crippen molar-refractivity contribution in [1.29, 1.82) is 0 Å². The molecule has 1 heterocycles. The lowest BCUT2D eigenvalue weighted by Gasteiger charge is -2.12. The fourth-order valence-corrected chi connectivity index (χ4v) is 3.44. The first-order valence-electron chi connectivity index (χ1n) is 8.13. The van der Waals surface area contributed by atoms with Gasteiger partial charge in [0.05, 0.1) is 30.6 Å². The Morgan fingerprint density at radius 2 is 1.68 bits per heavy atom. The summed E-state index contributed by atoms with van der Waals surface area (Å²) >= 11 is 0.840. The monoisotopic (exact) mass is 400 g/mol. The van der Waals surface area contributed by atoms with Crippen molar-refractivity contribution in [3.8, 4) is 11.5 Å². The molecular weight excluding hydrogens is 384 g/mol. The van der Waals surface area contributed by atoms with Gasteiger partial charge in [0.2, 0.25) is 0 Å². The molecule has 9 heteroatoms. The van der Waals surface area contributed by atoms with Gasteiger partial charge >= 0.3 is 0 Å². The number of carbonyl (C=O) groups is 2. The maximum atomic E-state index is 12.7. The summed E-state index contributed by atoms with van der Waals surface area (Å²) in [5.74, 6) is 0.710. The van der Waals surface area contributed by atoms with Crippen LogP contribution in [0.2, 0.25) is 0 Å². The van der Waals surface area contributed by atoms with Crippen molar-refractivity contribution in [2.75, 3.05) is 14.2 Å². The SMILES string of the molecule is COc1cc(/C=C2\SC(=O)N(Cc3ccc([N+](=O)[O-])cc3)C2=O)cc(OC)c1. The second-order valence-corrected chi connectivity index (χ2v) is 6.83. The molecule has 144 valence electrons. The number of hydrogen-bond donors (Lipinski definition) is 0. The second-order valence-electron chi connectivity index (χ2n) is 5.84. The molecule has 28 heavy (non-hydrogen) atoms. The molecule has 2 aromatic carbocycles. The van der Waals surface area contributed by atoms with Crippen molar-refractivity contribution in [3.05, 3.63) is 68.6 Å². The molecule has 1 fully saturated rings. The molecule has 1 saturated heterocycles. The van der Waals surface area contributed by atoms with Crippen molar-refractivity contribution in [3.63, 3.8) is 0 Å². The molecule has 2 aromatic rings. The van der Waals surface area contributed by atoms with Crippen LogP contribution in [0, 0.1) is 10.1 Å². The molecule has 0 saturated carbocycles. The average molecular weight is 400 g/mol. The lowest BCUT2D eigenvalue weighted by atomic mass is 10.1. The molecule has 0 aliphatic carbocycles. The maximum absolute atomic E-state index is 12.7. The van der Waals surface area contributed by atoms with Crippen molar-refractivity contribution < 1.29 is 24.0 Å². The van der Waals surface area contributed by atoms with Crippen LogP contribution in [0.5, 0.6) is 11.5 Å². The van der Waals surface area contributed by atoms with E-state index in [4.69, 9.17) is 9.47 Å². The summed E-state index contributed by atoms with van der Waals surface area (Å²) in [7, 11) is 3.05. The molecule has 0 N–H and O–H groups in total. The van der Waals surface area contributed by atoms with E-state index in [1.54, 1.807) is 24.3 Å². The van der Waals surface area contributed by atoms with Crippen LogP contribution in [0.1, 0.15) is 11.1 Å². The van der Waals surface area contributed by atoms with Crippen LogP contribution in [0.4, 0.5) is 10.5 Å². The zero-order valence-electron chi connectivity index (χ0n) is 15.1. The first-order valence-corrected chi connectivity index (χ1v) is 8.94. The number of amides is 2. The zero-order valence-corrected chi connectivity index (χ0v) is 15.9. The highest BCUT2D eigenvalue weighted by molar-refractivity contribution is 8.18. The van der Waals surface area contributed by atoms with Gasteiger partial charge in [0.25, 0.3) is 16.8 Å². The summed E-state index contributed by atoms with van der Waals surface area (Å²) < 4.78 is 10.4. The van der Waals surface area contributed by atoms with Gasteiger partial charge < -0.3 is 9.47 Å². The van der Waals surface area contributed by atoms with Crippen molar-refractivity contribution >= 4 is 34.7 Å². The minimum absolute atomic E-state index is 0.0431. The van der Waals surface area contributed by atoms with Gasteiger partial charge in [-0.25, -0.2) is 0 Å². The Morgan fingerprint density at radius 1 is 1.07 bits per heavy atom. The Morgan fingerprint density at radius 3 is 2.21 bits per heavy atom. The summed E-state index contributed by atoms with van der Waals surface area (Å²) in [6.45, 7) is 0.0431. The summed E-state index contributed by atoms with van der Waals surface area (Å²) in [5.41, 5.74) is 1.24. The predicted molar refractivity (Wildman–Crippen MR) is 104 cm³/mol. The van der Waals surface area contributed by atoms with Crippen LogP contribution in [0.3, 0.4) is 0 Å². The lowest BCUT2D eigenvalue weighted by Crippen LogP contribution is -2.27. The normalized spacial score (nSPS) is 15.2. The third kappa shape index (κ3) is 4.15. The zero-order chi connectivity index (χ0) is 20.3. The quantitative estimate of drug-likeness (QED) is 0.412. The number of benzene rings is 2. The van der Waals surface area contributed by atoms with Crippen molar-refractivity contribution in [2.45, 2.75) is 6.54 Å². The summed E-state index contributed by atoms with van der Waals surface area (Å²) in [5, 5.41) is 10.3. The largest absolute Gasteiger partial charge is 0.497 e. The van der Waals surface area contributed by atoms with Gasteiger partial charge in [-0.1, -0.05) is 12.1 Å². The van der Waals surface area contributed by atoms with E-state index in [-0.39, 0.29) is 17.1 Å². The average Bonchev–Trinajstić information content (AvgIpc) is 2.95. The number of imide groups is 1. The fraction of sp³-hybridized carbons (Fsp3) is 0.158. The number of hydrogen-bond acceptors (Lipinski definition) is 7. The highest BCUT2D eigenvalue weighted by Crippen LogP contribution is 2.34. The Bertz CT molecular complexity index is 949. The second kappa shape index (κ2) is 8.13. The fourth-order valence-electron chi connectivity index (χ4n) is 2.61. The van der Waals surface area contributed by atoms with Crippen LogP contribution in [0.15, 0.2) is 47.4 Å². The van der Waals surface area contributed by atoms with Gasteiger partial charge in [0.1, 0.15) is 11.5 Å². The molecule has 8 nitrogen and oxygen atoms in total. The van der Waals surface area contributed by atoms with Gasteiger partial charge in [0, 0.05) is 18.2 Å². The van der Waals surface area contributed by atoms with Crippen LogP contribution >= 0.6 is 11.8 Å². The van der Waals surface area contributed by atoms with Gasteiger partial charge in [-0.15, -0.1) is 0 Å². The number of nitro benzene ring substituents is 1. The van der Waals surface area contributed by atoms with E-state index >= 15 is 0 Å². The molecule has 0 atom stereocenters. The molecule has 0 bridgehead atoms. The predicted octanol–water partition coefficient (Wildman–Crippen LogP) is 3.85. The van der Waals surface area contributed by atoms with Crippen molar-refractivity contribution in [2.24, 2.45) is 0 Å². The van der Waals surface area contributed by atoms with E-state index in [2.05, 4.69) is 0 Å². The third-order valence-corrected chi connectivity index (χ3v) is 4.94. The maximum Gasteiger partial charge on any atom is 0.293 e. The van der Waals surface area contributed by atoms with Crippen molar-refractivity contribution in [1.82, 2.24) is 4.90 Å². The van der Waals surface area contributed by atoms with E-state index < -0.39 is 16.1 Å². The molecule has 1 aliphatic heterocycles. The Labute approximate surface area is 164 Å². The highest BCUT2D eigenvalue weighted by atomic mass is 32.2. The van der Waals surface area contributed by atoms with E-state index in [0.717, 1.165) is 16.7 Å². The topological polar surface area (TPSA) is 99.0 Å². The van der Waals surface area contributed by atoms with E-state index in [1.165, 1.54) is 38.5 Å². The number of rotatable bonds is 6. The minimum atomic E-state index is -0.505. The standard InChI is InChI=1S/C19H16N2O6S/c1-26-15-7-13(8-16(10-15)27-2)9-17-18(22)20(19(23)28-17)11-12-3-5-14(6-4-12)21(24)25/h3-10H,11H2,1-2H3/b17-9-. The minimum Gasteiger partial charge on any atom is -0.497 e. The highest BCUT2D eigenvalue weighted by Gasteiger charge is 2.35. The molecule has 0 spiro atoms. The summed E-state index contributed by atoms with van der Waals surface area (Å²) in [6.07, 6.45) is 1.60. The Hall–Kier alpha value is -3.33. The van der Waals surface area contributed by atoms with Crippen LogP contribution in [-0.4, -0.2) is 35.2 Å².